The molecule has 0 saturated heterocycles. The Labute approximate surface area is 178 Å². The smallest absolute Gasteiger partial charge is 0.233 e. The molecular weight excluding hydrogens is 390 g/mol. The Morgan fingerprint density at radius 1 is 1.14 bits per heavy atom. The number of carbonyl (C=O) groups is 1. The molecule has 0 saturated carbocycles. The van der Waals surface area contributed by atoms with Crippen LogP contribution in [-0.4, -0.2) is 18.3 Å². The fraction of sp³-hybridized carbons (Fsp3) is 0.435. The van der Waals surface area contributed by atoms with Crippen molar-refractivity contribution in [3.05, 3.63) is 58.1 Å². The van der Waals surface area contributed by atoms with Gasteiger partial charge in [-0.15, -0.1) is 11.8 Å². The van der Waals surface area contributed by atoms with Gasteiger partial charge in [-0.05, 0) is 79.3 Å². The second-order valence-electron chi connectivity index (χ2n) is 7.30. The minimum atomic E-state index is -0.147. The number of nitrogens with one attached hydrogen (secondary N) is 1. The quantitative estimate of drug-likeness (QED) is 0.494. The van der Waals surface area contributed by atoms with E-state index >= 15 is 0 Å². The van der Waals surface area contributed by atoms with Gasteiger partial charge in [-0.1, -0.05) is 32.4 Å². The Hall–Kier alpha value is -1.65. The monoisotopic (exact) mass is 419 g/mol. The maximum Gasteiger partial charge on any atom is 0.233 e. The zero-order valence-corrected chi connectivity index (χ0v) is 19.1. The number of halogens is 1. The van der Waals surface area contributed by atoms with Gasteiger partial charge in [0.1, 0.15) is 5.75 Å². The third-order valence-electron chi connectivity index (χ3n) is 4.82. The minimum Gasteiger partial charge on any atom is -0.496 e. The Morgan fingerprint density at radius 2 is 1.79 bits per heavy atom. The molecule has 2 aromatic carbocycles. The average molecular weight is 420 g/mol. The lowest BCUT2D eigenvalue weighted by molar-refractivity contribution is -0.121. The molecule has 1 N–H and O–H groups in total. The van der Waals surface area contributed by atoms with Crippen molar-refractivity contribution in [3.8, 4) is 5.75 Å². The summed E-state index contributed by atoms with van der Waals surface area (Å²) in [6.45, 7) is 10.4. The predicted molar refractivity (Wildman–Crippen MR) is 120 cm³/mol. The molecule has 0 aliphatic carbocycles. The van der Waals surface area contributed by atoms with Gasteiger partial charge in [0.25, 0.3) is 0 Å². The number of benzene rings is 2. The summed E-state index contributed by atoms with van der Waals surface area (Å²) in [7, 11) is 1.70. The molecular formula is C23H30ClNO2S. The van der Waals surface area contributed by atoms with Crippen LogP contribution in [0.15, 0.2) is 41.3 Å². The molecule has 0 aromatic heterocycles. The number of amides is 1. The molecule has 0 spiro atoms. The van der Waals surface area contributed by atoms with Crippen LogP contribution in [0.2, 0.25) is 5.02 Å². The third kappa shape index (κ3) is 5.68. The number of thioether (sulfide) groups is 1. The first-order valence-electron chi connectivity index (χ1n) is 9.67. The summed E-state index contributed by atoms with van der Waals surface area (Å²) in [5, 5.41) is 3.75. The molecule has 3 nitrogen and oxygen atoms in total. The lowest BCUT2D eigenvalue weighted by Gasteiger charge is -2.23. The summed E-state index contributed by atoms with van der Waals surface area (Å²) in [6.07, 6.45) is 0.755. The van der Waals surface area contributed by atoms with Crippen molar-refractivity contribution in [1.29, 1.82) is 0 Å². The highest BCUT2D eigenvalue weighted by Crippen LogP contribution is 2.33. The van der Waals surface area contributed by atoms with Crippen molar-refractivity contribution in [2.24, 2.45) is 0 Å². The number of hydrogen-bond acceptors (Lipinski definition) is 3. The van der Waals surface area contributed by atoms with E-state index in [-0.39, 0.29) is 17.2 Å². The van der Waals surface area contributed by atoms with E-state index in [2.05, 4.69) is 38.2 Å². The summed E-state index contributed by atoms with van der Waals surface area (Å²) in [5.41, 5.74) is 3.41. The number of ether oxygens (including phenoxy) is 1. The number of aryl methyl sites for hydroxylation is 1. The molecule has 0 fully saturated rings. The molecule has 2 atom stereocenters. The zero-order valence-electron chi connectivity index (χ0n) is 17.5. The highest BCUT2D eigenvalue weighted by Gasteiger charge is 2.22. The summed E-state index contributed by atoms with van der Waals surface area (Å²) in [6, 6.07) is 11.8. The maximum absolute atomic E-state index is 12.9. The van der Waals surface area contributed by atoms with Gasteiger partial charge in [0.05, 0.1) is 18.4 Å². The molecule has 2 unspecified atom stereocenters. The normalized spacial score (nSPS) is 13.3. The van der Waals surface area contributed by atoms with E-state index in [0.29, 0.717) is 10.9 Å². The van der Waals surface area contributed by atoms with Crippen LogP contribution in [0.5, 0.6) is 5.75 Å². The van der Waals surface area contributed by atoms with Gasteiger partial charge in [-0.2, -0.15) is 0 Å². The summed E-state index contributed by atoms with van der Waals surface area (Å²) in [4.78, 5) is 13.9. The highest BCUT2D eigenvalue weighted by molar-refractivity contribution is 8.00. The van der Waals surface area contributed by atoms with E-state index < -0.39 is 0 Å². The lowest BCUT2D eigenvalue weighted by atomic mass is 9.93. The molecule has 0 aliphatic rings. The molecule has 5 heteroatoms. The van der Waals surface area contributed by atoms with Crippen molar-refractivity contribution < 1.29 is 9.53 Å². The van der Waals surface area contributed by atoms with Crippen LogP contribution in [0.4, 0.5) is 0 Å². The van der Waals surface area contributed by atoms with Gasteiger partial charge in [0.2, 0.25) is 5.91 Å². The summed E-state index contributed by atoms with van der Waals surface area (Å²) >= 11 is 7.53. The fourth-order valence-corrected chi connectivity index (χ4v) is 4.28. The molecule has 0 bridgehead atoms. The van der Waals surface area contributed by atoms with E-state index in [9.17, 15) is 4.79 Å². The van der Waals surface area contributed by atoms with Gasteiger partial charge in [0, 0.05) is 9.92 Å². The molecule has 0 radical (unpaired) electrons. The van der Waals surface area contributed by atoms with Crippen LogP contribution in [0.3, 0.4) is 0 Å². The van der Waals surface area contributed by atoms with E-state index in [0.717, 1.165) is 33.8 Å². The number of carbonyl (C=O) groups excluding carboxylic acids is 1. The van der Waals surface area contributed by atoms with Gasteiger partial charge in [-0.25, -0.2) is 0 Å². The number of rotatable bonds is 8. The molecule has 152 valence electrons. The second kappa shape index (κ2) is 10.2. The van der Waals surface area contributed by atoms with Crippen molar-refractivity contribution in [2.45, 2.75) is 63.1 Å². The third-order valence-corrected chi connectivity index (χ3v) is 6.45. The zero-order chi connectivity index (χ0) is 20.8. The molecule has 0 aliphatic heterocycles. The highest BCUT2D eigenvalue weighted by atomic mass is 35.5. The summed E-state index contributed by atoms with van der Waals surface area (Å²) < 4.78 is 5.53. The second-order valence-corrected chi connectivity index (χ2v) is 9.02. The molecule has 28 heavy (non-hydrogen) atoms. The van der Waals surface area contributed by atoms with Crippen LogP contribution in [0.1, 0.15) is 62.8 Å². The Morgan fingerprint density at radius 3 is 2.32 bits per heavy atom. The fourth-order valence-electron chi connectivity index (χ4n) is 3.19. The van der Waals surface area contributed by atoms with Crippen LogP contribution >= 0.6 is 23.4 Å². The van der Waals surface area contributed by atoms with Crippen molar-refractivity contribution in [3.63, 3.8) is 0 Å². The first kappa shape index (κ1) is 22.6. The average Bonchev–Trinajstić information content (AvgIpc) is 2.66. The van der Waals surface area contributed by atoms with Crippen LogP contribution in [0, 0.1) is 6.92 Å². The van der Waals surface area contributed by atoms with Gasteiger partial charge in [-0.3, -0.25) is 4.79 Å². The van der Waals surface area contributed by atoms with Crippen LogP contribution in [0.25, 0.3) is 0 Å². The van der Waals surface area contributed by atoms with Gasteiger partial charge in [0.15, 0.2) is 0 Å². The Balaban J connectivity index is 2.15. The number of hydrogen-bond donors (Lipinski definition) is 1. The van der Waals surface area contributed by atoms with E-state index in [1.54, 1.807) is 18.9 Å². The Bertz CT molecular complexity index is 805. The molecule has 0 heterocycles. The largest absolute Gasteiger partial charge is 0.496 e. The topological polar surface area (TPSA) is 38.3 Å². The van der Waals surface area contributed by atoms with Crippen molar-refractivity contribution >= 4 is 29.3 Å². The van der Waals surface area contributed by atoms with E-state index in [1.807, 2.05) is 38.1 Å². The van der Waals surface area contributed by atoms with Gasteiger partial charge < -0.3 is 10.1 Å². The predicted octanol–water partition coefficient (Wildman–Crippen LogP) is 6.53. The van der Waals surface area contributed by atoms with Crippen LogP contribution in [-0.2, 0) is 4.79 Å². The molecule has 2 rings (SSSR count). The van der Waals surface area contributed by atoms with Gasteiger partial charge >= 0.3 is 0 Å². The number of methoxy groups -OCH3 is 1. The SMILES string of the molecule is CCC(Sc1ccc(Cl)cc1)C(=O)NC(C)c1cc(C(C)C)c(OC)cc1C. The lowest BCUT2D eigenvalue weighted by Crippen LogP contribution is -2.34. The minimum absolute atomic E-state index is 0.0521. The van der Waals surface area contributed by atoms with Crippen molar-refractivity contribution in [2.75, 3.05) is 7.11 Å². The summed E-state index contributed by atoms with van der Waals surface area (Å²) in [5.74, 6) is 1.30. The van der Waals surface area contributed by atoms with E-state index in [4.69, 9.17) is 16.3 Å². The first-order valence-corrected chi connectivity index (χ1v) is 10.9. The van der Waals surface area contributed by atoms with Crippen molar-refractivity contribution in [1.82, 2.24) is 5.32 Å². The van der Waals surface area contributed by atoms with E-state index in [1.165, 1.54) is 0 Å². The molecule has 1 amide bonds. The Kier molecular flexibility index (Phi) is 8.26. The first-order chi connectivity index (χ1) is 13.3. The maximum atomic E-state index is 12.9. The molecule has 2 aromatic rings. The van der Waals surface area contributed by atoms with Crippen LogP contribution < -0.4 is 10.1 Å². The standard InChI is InChI=1S/C23H30ClNO2S/c1-7-22(28-18-10-8-17(24)9-11-18)23(26)25-16(5)20-13-19(14(2)3)21(27-6)12-15(20)4/h8-14,16,22H,7H2,1-6H3,(H,25,26).